The van der Waals surface area contributed by atoms with E-state index in [1.165, 1.54) is 0 Å². The first-order valence-electron chi connectivity index (χ1n) is 4.70. The summed E-state index contributed by atoms with van der Waals surface area (Å²) < 4.78 is 0.973. The van der Waals surface area contributed by atoms with Gasteiger partial charge in [-0.05, 0) is 41.4 Å². The standard InChI is InChI=1S/C10H15BrN2OS/c1-10(14,7-12)4-5-15-9-3-2-8(11)6-13-9/h2-3,6,14H,4-5,7,12H2,1H3. The van der Waals surface area contributed by atoms with Gasteiger partial charge < -0.3 is 10.8 Å². The molecular formula is C10H15BrN2OS. The lowest BCUT2D eigenvalue weighted by molar-refractivity contribution is 0.0665. The van der Waals surface area contributed by atoms with Crippen LogP contribution in [0, 0.1) is 0 Å². The van der Waals surface area contributed by atoms with Crippen molar-refractivity contribution in [1.29, 1.82) is 0 Å². The van der Waals surface area contributed by atoms with Gasteiger partial charge in [0.2, 0.25) is 0 Å². The summed E-state index contributed by atoms with van der Waals surface area (Å²) in [4.78, 5) is 4.23. The minimum Gasteiger partial charge on any atom is -0.389 e. The van der Waals surface area contributed by atoms with Gasteiger partial charge in [0.15, 0.2) is 0 Å². The topological polar surface area (TPSA) is 59.1 Å². The fourth-order valence-corrected chi connectivity index (χ4v) is 2.20. The zero-order chi connectivity index (χ0) is 11.3. The molecule has 0 saturated carbocycles. The Morgan fingerprint density at radius 2 is 2.33 bits per heavy atom. The van der Waals surface area contributed by atoms with E-state index in [0.29, 0.717) is 13.0 Å². The monoisotopic (exact) mass is 290 g/mol. The quantitative estimate of drug-likeness (QED) is 0.815. The molecule has 0 bridgehead atoms. The molecule has 1 heterocycles. The third-order valence-electron chi connectivity index (χ3n) is 2.03. The summed E-state index contributed by atoms with van der Waals surface area (Å²) in [6.45, 7) is 2.05. The Hall–Kier alpha value is -0.100. The van der Waals surface area contributed by atoms with E-state index < -0.39 is 5.60 Å². The van der Waals surface area contributed by atoms with Gasteiger partial charge >= 0.3 is 0 Å². The van der Waals surface area contributed by atoms with Crippen molar-refractivity contribution < 1.29 is 5.11 Å². The number of hydrogen-bond acceptors (Lipinski definition) is 4. The van der Waals surface area contributed by atoms with Crippen molar-refractivity contribution in [1.82, 2.24) is 4.98 Å². The van der Waals surface area contributed by atoms with Gasteiger partial charge in [0.05, 0.1) is 10.6 Å². The highest BCUT2D eigenvalue weighted by atomic mass is 79.9. The van der Waals surface area contributed by atoms with Crippen molar-refractivity contribution >= 4 is 27.7 Å². The molecule has 0 radical (unpaired) electrons. The number of halogens is 1. The zero-order valence-electron chi connectivity index (χ0n) is 8.61. The van der Waals surface area contributed by atoms with Crippen LogP contribution in [0.4, 0.5) is 0 Å². The van der Waals surface area contributed by atoms with Crippen LogP contribution in [-0.4, -0.2) is 28.0 Å². The first-order chi connectivity index (χ1) is 7.03. The van der Waals surface area contributed by atoms with Gasteiger partial charge in [0.25, 0.3) is 0 Å². The second kappa shape index (κ2) is 5.84. The Morgan fingerprint density at radius 1 is 1.60 bits per heavy atom. The largest absolute Gasteiger partial charge is 0.389 e. The highest BCUT2D eigenvalue weighted by Gasteiger charge is 2.17. The van der Waals surface area contributed by atoms with E-state index in [1.54, 1.807) is 24.9 Å². The summed E-state index contributed by atoms with van der Waals surface area (Å²) in [7, 11) is 0. The Labute approximate surface area is 103 Å². The Morgan fingerprint density at radius 3 is 2.87 bits per heavy atom. The smallest absolute Gasteiger partial charge is 0.0960 e. The molecule has 3 N–H and O–H groups in total. The molecule has 1 aromatic heterocycles. The summed E-state index contributed by atoms with van der Waals surface area (Å²) >= 11 is 4.95. The lowest BCUT2D eigenvalue weighted by Gasteiger charge is -2.20. The van der Waals surface area contributed by atoms with Crippen LogP contribution in [0.3, 0.4) is 0 Å². The van der Waals surface area contributed by atoms with Crippen molar-refractivity contribution in [2.45, 2.75) is 24.0 Å². The molecule has 0 aliphatic rings. The van der Waals surface area contributed by atoms with Crippen LogP contribution in [0.1, 0.15) is 13.3 Å². The third kappa shape index (κ3) is 4.97. The second-order valence-electron chi connectivity index (χ2n) is 3.61. The van der Waals surface area contributed by atoms with Crippen LogP contribution in [0.2, 0.25) is 0 Å². The Balaban J connectivity index is 2.35. The maximum atomic E-state index is 9.68. The summed E-state index contributed by atoms with van der Waals surface area (Å²) in [5.74, 6) is 0.818. The molecule has 15 heavy (non-hydrogen) atoms. The van der Waals surface area contributed by atoms with Crippen molar-refractivity contribution in [3.8, 4) is 0 Å². The van der Waals surface area contributed by atoms with Gasteiger partial charge in [-0.3, -0.25) is 0 Å². The Bertz CT molecular complexity index is 303. The van der Waals surface area contributed by atoms with Gasteiger partial charge in [-0.1, -0.05) is 0 Å². The van der Waals surface area contributed by atoms with E-state index in [4.69, 9.17) is 5.73 Å². The molecule has 1 unspecified atom stereocenters. The van der Waals surface area contributed by atoms with Gasteiger partial charge in [-0.25, -0.2) is 4.98 Å². The van der Waals surface area contributed by atoms with Gasteiger partial charge in [-0.15, -0.1) is 11.8 Å². The maximum Gasteiger partial charge on any atom is 0.0960 e. The van der Waals surface area contributed by atoms with E-state index in [2.05, 4.69) is 20.9 Å². The van der Waals surface area contributed by atoms with Crippen LogP contribution in [0.25, 0.3) is 0 Å². The first-order valence-corrected chi connectivity index (χ1v) is 6.48. The van der Waals surface area contributed by atoms with Crippen LogP contribution in [0.15, 0.2) is 27.8 Å². The van der Waals surface area contributed by atoms with Crippen LogP contribution >= 0.6 is 27.7 Å². The van der Waals surface area contributed by atoms with Gasteiger partial charge in [0.1, 0.15) is 0 Å². The minimum absolute atomic E-state index is 0.293. The molecule has 5 heteroatoms. The number of nitrogens with two attached hydrogens (primary N) is 1. The first kappa shape index (κ1) is 13.0. The normalized spacial score (nSPS) is 14.9. The second-order valence-corrected chi connectivity index (χ2v) is 5.65. The molecule has 0 saturated heterocycles. The van der Waals surface area contributed by atoms with E-state index in [0.717, 1.165) is 15.3 Å². The SMILES string of the molecule is CC(O)(CN)CCSc1ccc(Br)cn1. The summed E-state index contributed by atoms with van der Waals surface area (Å²) in [5, 5.41) is 10.6. The van der Waals surface area contributed by atoms with Crippen molar-refractivity contribution in [2.75, 3.05) is 12.3 Å². The van der Waals surface area contributed by atoms with Crippen LogP contribution in [0.5, 0.6) is 0 Å². The molecule has 0 fully saturated rings. The number of hydrogen-bond donors (Lipinski definition) is 2. The molecular weight excluding hydrogens is 276 g/mol. The number of aliphatic hydroxyl groups is 1. The van der Waals surface area contributed by atoms with E-state index >= 15 is 0 Å². The third-order valence-corrected chi connectivity index (χ3v) is 3.45. The molecule has 1 rings (SSSR count). The number of rotatable bonds is 5. The van der Waals surface area contributed by atoms with Crippen LogP contribution < -0.4 is 5.73 Å². The average molecular weight is 291 g/mol. The molecule has 0 amide bonds. The molecule has 0 aromatic carbocycles. The highest BCUT2D eigenvalue weighted by molar-refractivity contribution is 9.10. The van der Waals surface area contributed by atoms with Crippen molar-refractivity contribution in [3.05, 3.63) is 22.8 Å². The van der Waals surface area contributed by atoms with E-state index in [1.807, 2.05) is 12.1 Å². The average Bonchev–Trinajstić information content (AvgIpc) is 2.21. The number of nitrogens with zero attached hydrogens (tertiary/aromatic N) is 1. The lowest BCUT2D eigenvalue weighted by Crippen LogP contribution is -2.34. The summed E-state index contributed by atoms with van der Waals surface area (Å²) in [6, 6.07) is 3.91. The lowest BCUT2D eigenvalue weighted by atomic mass is 10.1. The molecule has 84 valence electrons. The predicted molar refractivity (Wildman–Crippen MR) is 67.0 cm³/mol. The molecule has 1 atom stereocenters. The van der Waals surface area contributed by atoms with E-state index in [-0.39, 0.29) is 0 Å². The number of thioether (sulfide) groups is 1. The van der Waals surface area contributed by atoms with Crippen molar-refractivity contribution in [2.24, 2.45) is 5.73 Å². The zero-order valence-corrected chi connectivity index (χ0v) is 11.0. The minimum atomic E-state index is -0.762. The maximum absolute atomic E-state index is 9.68. The fourth-order valence-electron chi connectivity index (χ4n) is 0.925. The fraction of sp³-hybridized carbons (Fsp3) is 0.500. The number of pyridine rings is 1. The van der Waals surface area contributed by atoms with E-state index in [9.17, 15) is 5.11 Å². The van der Waals surface area contributed by atoms with Crippen molar-refractivity contribution in [3.63, 3.8) is 0 Å². The van der Waals surface area contributed by atoms with Crippen LogP contribution in [-0.2, 0) is 0 Å². The predicted octanol–water partition coefficient (Wildman–Crippen LogP) is 2.04. The van der Waals surface area contributed by atoms with Gasteiger partial charge in [0, 0.05) is 23.0 Å². The summed E-state index contributed by atoms with van der Waals surface area (Å²) in [6.07, 6.45) is 2.44. The van der Waals surface area contributed by atoms with Gasteiger partial charge in [-0.2, -0.15) is 0 Å². The molecule has 0 aliphatic carbocycles. The molecule has 1 aromatic rings. The highest BCUT2D eigenvalue weighted by Crippen LogP contribution is 2.20. The number of aromatic nitrogens is 1. The summed E-state index contributed by atoms with van der Waals surface area (Å²) in [5.41, 5.74) is 4.66. The Kier molecular flexibility index (Phi) is 5.05. The molecule has 0 spiro atoms. The molecule has 3 nitrogen and oxygen atoms in total. The molecule has 0 aliphatic heterocycles.